The molecule has 2 aromatic rings. The topological polar surface area (TPSA) is 69.7 Å². The monoisotopic (exact) mass is 277 g/mol. The minimum atomic E-state index is -0.0755. The van der Waals surface area contributed by atoms with Crippen molar-refractivity contribution in [3.05, 3.63) is 44.3 Å². The second-order valence-corrected chi connectivity index (χ2v) is 5.18. The molecule has 2 aromatic heterocycles. The summed E-state index contributed by atoms with van der Waals surface area (Å²) < 4.78 is 2.27. The molecule has 0 unspecified atom stereocenters. The Morgan fingerprint density at radius 3 is 3.05 bits per heavy atom. The summed E-state index contributed by atoms with van der Waals surface area (Å²) in [7, 11) is 1.93. The second kappa shape index (κ2) is 4.75. The highest BCUT2D eigenvalue weighted by molar-refractivity contribution is 7.71. The fourth-order valence-corrected chi connectivity index (χ4v) is 2.65. The molecule has 0 bridgehead atoms. The van der Waals surface area contributed by atoms with Crippen LogP contribution in [0.15, 0.2) is 17.1 Å². The zero-order valence-electron chi connectivity index (χ0n) is 10.6. The third kappa shape index (κ3) is 2.39. The Morgan fingerprint density at radius 2 is 2.32 bits per heavy atom. The Morgan fingerprint density at radius 1 is 1.47 bits per heavy atom. The van der Waals surface area contributed by atoms with E-state index in [1.807, 2.05) is 17.8 Å². The minimum Gasteiger partial charge on any atom is -0.335 e. The molecule has 2 N–H and O–H groups in total. The largest absolute Gasteiger partial charge is 0.335 e. The lowest BCUT2D eigenvalue weighted by molar-refractivity contribution is 0.235. The predicted octanol–water partition coefficient (Wildman–Crippen LogP) is 0.724. The molecular formula is C12H15N5OS. The van der Waals surface area contributed by atoms with Gasteiger partial charge in [0, 0.05) is 45.0 Å². The number of hydrogen-bond donors (Lipinski definition) is 2. The van der Waals surface area contributed by atoms with Gasteiger partial charge in [-0.25, -0.2) is 0 Å². The van der Waals surface area contributed by atoms with Crippen LogP contribution in [0.3, 0.4) is 0 Å². The van der Waals surface area contributed by atoms with Crippen LogP contribution < -0.4 is 5.56 Å². The quantitative estimate of drug-likeness (QED) is 0.794. The van der Waals surface area contributed by atoms with Crippen molar-refractivity contribution >= 4 is 12.2 Å². The van der Waals surface area contributed by atoms with Gasteiger partial charge in [-0.2, -0.15) is 5.10 Å². The molecule has 0 spiro atoms. The van der Waals surface area contributed by atoms with E-state index in [-0.39, 0.29) is 5.56 Å². The molecule has 3 heterocycles. The Hall–Kier alpha value is -1.73. The first-order valence-electron chi connectivity index (χ1n) is 6.17. The summed E-state index contributed by atoms with van der Waals surface area (Å²) >= 11 is 4.99. The van der Waals surface area contributed by atoms with Crippen LogP contribution in [-0.2, 0) is 26.6 Å². The van der Waals surface area contributed by atoms with Gasteiger partial charge in [0.1, 0.15) is 0 Å². The van der Waals surface area contributed by atoms with E-state index in [0.29, 0.717) is 11.3 Å². The fraction of sp³-hybridized carbons (Fsp3) is 0.417. The molecular weight excluding hydrogens is 262 g/mol. The van der Waals surface area contributed by atoms with E-state index in [2.05, 4.69) is 20.0 Å². The fourth-order valence-electron chi connectivity index (χ4n) is 2.43. The number of H-pyrrole nitrogens is 2. The summed E-state index contributed by atoms with van der Waals surface area (Å²) in [6.45, 7) is 2.35. The molecule has 0 saturated carbocycles. The lowest BCUT2D eigenvalue weighted by Gasteiger charge is -2.27. The van der Waals surface area contributed by atoms with Gasteiger partial charge in [0.15, 0.2) is 4.77 Å². The Labute approximate surface area is 115 Å². The number of nitrogens with one attached hydrogen (secondary N) is 2. The van der Waals surface area contributed by atoms with Gasteiger partial charge in [0.05, 0.1) is 11.3 Å². The Balaban J connectivity index is 1.85. The van der Waals surface area contributed by atoms with E-state index in [9.17, 15) is 4.79 Å². The van der Waals surface area contributed by atoms with Crippen molar-refractivity contribution < 1.29 is 0 Å². The van der Waals surface area contributed by atoms with Gasteiger partial charge in [0.25, 0.3) is 5.56 Å². The van der Waals surface area contributed by atoms with Gasteiger partial charge >= 0.3 is 0 Å². The normalized spacial score (nSPS) is 15.4. The molecule has 1 aliphatic rings. The Kier molecular flexibility index (Phi) is 3.08. The maximum atomic E-state index is 11.9. The molecule has 0 aromatic carbocycles. The van der Waals surface area contributed by atoms with Crippen molar-refractivity contribution in [3.63, 3.8) is 0 Å². The SMILES string of the molecule is Cn1nccc1CN1CCc2[nH]c(=S)[nH]c(=O)c2C1. The van der Waals surface area contributed by atoms with Gasteiger partial charge in [-0.3, -0.25) is 19.4 Å². The van der Waals surface area contributed by atoms with E-state index < -0.39 is 0 Å². The molecule has 19 heavy (non-hydrogen) atoms. The van der Waals surface area contributed by atoms with Crippen molar-refractivity contribution in [3.8, 4) is 0 Å². The summed E-state index contributed by atoms with van der Waals surface area (Å²) in [4.78, 5) is 19.9. The number of hydrogen-bond acceptors (Lipinski definition) is 4. The maximum Gasteiger partial charge on any atom is 0.256 e. The van der Waals surface area contributed by atoms with Crippen LogP contribution in [0.2, 0.25) is 0 Å². The second-order valence-electron chi connectivity index (χ2n) is 4.77. The van der Waals surface area contributed by atoms with Gasteiger partial charge in [-0.05, 0) is 18.3 Å². The molecule has 0 aliphatic carbocycles. The molecule has 7 heteroatoms. The van der Waals surface area contributed by atoms with Crippen molar-refractivity contribution in [1.29, 1.82) is 0 Å². The highest BCUT2D eigenvalue weighted by Gasteiger charge is 2.20. The van der Waals surface area contributed by atoms with Gasteiger partial charge in [-0.15, -0.1) is 0 Å². The van der Waals surface area contributed by atoms with Crippen LogP contribution in [0.1, 0.15) is 17.0 Å². The van der Waals surface area contributed by atoms with E-state index in [0.717, 1.165) is 36.5 Å². The first-order chi connectivity index (χ1) is 9.13. The third-order valence-electron chi connectivity index (χ3n) is 3.50. The minimum absolute atomic E-state index is 0.0755. The lowest BCUT2D eigenvalue weighted by Crippen LogP contribution is -2.35. The summed E-state index contributed by atoms with van der Waals surface area (Å²) in [5, 5.41) is 4.16. The molecule has 3 rings (SSSR count). The van der Waals surface area contributed by atoms with Crippen LogP contribution in [0.4, 0.5) is 0 Å². The van der Waals surface area contributed by atoms with Gasteiger partial charge < -0.3 is 4.98 Å². The standard InChI is InChI=1S/C12H15N5OS/c1-16-8(2-4-13-16)6-17-5-3-10-9(7-17)11(18)15-12(19)14-10/h2,4H,3,5-7H2,1H3,(H2,14,15,18,19). The average molecular weight is 277 g/mol. The number of aryl methyl sites for hydroxylation is 1. The van der Waals surface area contributed by atoms with Gasteiger partial charge in [-0.1, -0.05) is 0 Å². The number of fused-ring (bicyclic) bond motifs is 1. The van der Waals surface area contributed by atoms with Crippen molar-refractivity contribution in [2.24, 2.45) is 7.05 Å². The summed E-state index contributed by atoms with van der Waals surface area (Å²) in [6.07, 6.45) is 2.61. The van der Waals surface area contributed by atoms with Crippen molar-refractivity contribution in [1.82, 2.24) is 24.6 Å². The number of aromatic amines is 2. The van der Waals surface area contributed by atoms with Crippen LogP contribution in [0.25, 0.3) is 0 Å². The molecule has 100 valence electrons. The summed E-state index contributed by atoms with van der Waals surface area (Å²) in [6, 6.07) is 2.00. The highest BCUT2D eigenvalue weighted by atomic mass is 32.1. The predicted molar refractivity (Wildman–Crippen MR) is 73.3 cm³/mol. The molecule has 0 saturated heterocycles. The summed E-state index contributed by atoms with van der Waals surface area (Å²) in [5.74, 6) is 0. The molecule has 0 atom stereocenters. The lowest BCUT2D eigenvalue weighted by atomic mass is 10.1. The van der Waals surface area contributed by atoms with E-state index in [1.165, 1.54) is 0 Å². The van der Waals surface area contributed by atoms with Crippen molar-refractivity contribution in [2.45, 2.75) is 19.5 Å². The number of aromatic nitrogens is 4. The highest BCUT2D eigenvalue weighted by Crippen LogP contribution is 2.15. The summed E-state index contributed by atoms with van der Waals surface area (Å²) in [5.41, 5.74) is 2.83. The van der Waals surface area contributed by atoms with Crippen LogP contribution in [0.5, 0.6) is 0 Å². The van der Waals surface area contributed by atoms with Crippen LogP contribution in [-0.4, -0.2) is 31.2 Å². The van der Waals surface area contributed by atoms with Crippen LogP contribution >= 0.6 is 12.2 Å². The van der Waals surface area contributed by atoms with Crippen molar-refractivity contribution in [2.75, 3.05) is 6.54 Å². The van der Waals surface area contributed by atoms with Crippen LogP contribution in [0, 0.1) is 4.77 Å². The molecule has 1 aliphatic heterocycles. The Bertz CT molecular complexity index is 713. The van der Waals surface area contributed by atoms with E-state index in [4.69, 9.17) is 12.2 Å². The third-order valence-corrected chi connectivity index (χ3v) is 3.70. The molecule has 0 radical (unpaired) electrons. The average Bonchev–Trinajstić information content (AvgIpc) is 2.76. The first-order valence-corrected chi connectivity index (χ1v) is 6.58. The molecule has 0 fully saturated rings. The number of rotatable bonds is 2. The zero-order valence-corrected chi connectivity index (χ0v) is 11.5. The smallest absolute Gasteiger partial charge is 0.256 e. The first kappa shape index (κ1) is 12.3. The van der Waals surface area contributed by atoms with E-state index >= 15 is 0 Å². The van der Waals surface area contributed by atoms with E-state index in [1.54, 1.807) is 6.20 Å². The molecule has 6 nitrogen and oxygen atoms in total. The van der Waals surface area contributed by atoms with Gasteiger partial charge in [0.2, 0.25) is 0 Å². The maximum absolute atomic E-state index is 11.9. The number of nitrogens with zero attached hydrogens (tertiary/aromatic N) is 3. The zero-order chi connectivity index (χ0) is 13.4. The molecule has 0 amide bonds.